The summed E-state index contributed by atoms with van der Waals surface area (Å²) in [6.45, 7) is 0.514. The summed E-state index contributed by atoms with van der Waals surface area (Å²) in [6.07, 6.45) is 8.87. The number of imidazole rings is 1. The summed E-state index contributed by atoms with van der Waals surface area (Å²) in [5.74, 6) is 1.32. The number of benzene rings is 2. The molecule has 0 bridgehead atoms. The summed E-state index contributed by atoms with van der Waals surface area (Å²) < 4.78 is 8.72. The Labute approximate surface area is 182 Å². The quantitative estimate of drug-likeness (QED) is 0.383. The van der Waals surface area contributed by atoms with Gasteiger partial charge in [0.25, 0.3) is 0 Å². The van der Waals surface area contributed by atoms with E-state index in [1.807, 2.05) is 12.4 Å². The minimum atomic E-state index is 0.514. The highest BCUT2D eigenvalue weighted by Gasteiger charge is 2.26. The van der Waals surface area contributed by atoms with E-state index in [0.29, 0.717) is 18.2 Å². The van der Waals surface area contributed by atoms with E-state index >= 15 is 0 Å². The number of aromatic nitrogens is 3. The van der Waals surface area contributed by atoms with Crippen LogP contribution in [0, 0.1) is 0 Å². The molecule has 0 N–H and O–H groups in total. The first-order valence-electron chi connectivity index (χ1n) is 10.2. The smallest absolute Gasteiger partial charge is 0.181 e. The monoisotopic (exact) mass is 458 g/mol. The lowest BCUT2D eigenvalue weighted by molar-refractivity contribution is 0.419. The number of oxazole rings is 1. The highest BCUT2D eigenvalue weighted by Crippen LogP contribution is 2.39. The second-order valence-electron chi connectivity index (χ2n) is 7.82. The molecule has 1 aliphatic carbocycles. The first-order chi connectivity index (χ1) is 14.8. The van der Waals surface area contributed by atoms with Gasteiger partial charge in [0.05, 0.1) is 29.8 Å². The molecule has 1 fully saturated rings. The van der Waals surface area contributed by atoms with Crippen molar-refractivity contribution in [1.82, 2.24) is 14.5 Å². The summed E-state index contributed by atoms with van der Waals surface area (Å²) in [6, 6.07) is 15.1. The van der Waals surface area contributed by atoms with E-state index in [9.17, 15) is 0 Å². The molecular weight excluding hydrogens is 440 g/mol. The van der Waals surface area contributed by atoms with Gasteiger partial charge in [0, 0.05) is 15.6 Å². The zero-order valence-electron chi connectivity index (χ0n) is 16.3. The fourth-order valence-electron chi connectivity index (χ4n) is 4.34. The average Bonchev–Trinajstić information content (AvgIpc) is 3.35. The average molecular weight is 459 g/mol. The minimum absolute atomic E-state index is 0.514. The molecule has 2 aromatic heterocycles. The van der Waals surface area contributed by atoms with Gasteiger partial charge in [0.15, 0.2) is 12.2 Å². The van der Waals surface area contributed by atoms with Gasteiger partial charge in [0.1, 0.15) is 12.0 Å². The molecule has 0 amide bonds. The summed E-state index contributed by atoms with van der Waals surface area (Å²) in [5, 5.41) is 0. The first-order valence-corrected chi connectivity index (χ1v) is 11.0. The van der Waals surface area contributed by atoms with E-state index < -0.39 is 0 Å². The van der Waals surface area contributed by atoms with Crippen LogP contribution in [0.3, 0.4) is 0 Å². The van der Waals surface area contributed by atoms with Crippen LogP contribution in [0.25, 0.3) is 17.1 Å². The number of hydrogen-bond acceptors (Lipinski definition) is 4. The predicted octanol–water partition coefficient (Wildman–Crippen LogP) is 5.91. The van der Waals surface area contributed by atoms with Crippen LogP contribution < -0.4 is 0 Å². The van der Waals surface area contributed by atoms with Crippen molar-refractivity contribution in [2.45, 2.75) is 31.7 Å². The van der Waals surface area contributed by atoms with Gasteiger partial charge in [-0.15, -0.1) is 0 Å². The standard InChI is InChI=1S/C24H19BrN4O/c25-19-7-2-1-6-17(19)23-18-10-16(15-4-3-5-15)8-9-20(18)29-13-28-24(21(29)11-27-23)22-12-26-14-30-22/h1-2,6-10,12-15H,3-5,11H2. The molecule has 5 nitrogen and oxygen atoms in total. The molecule has 0 saturated heterocycles. The number of hydrogen-bond donors (Lipinski definition) is 0. The number of aliphatic imine (C=N–C) groups is 1. The van der Waals surface area contributed by atoms with Crippen molar-refractivity contribution in [1.29, 1.82) is 0 Å². The fourth-order valence-corrected chi connectivity index (χ4v) is 4.82. The number of halogens is 1. The maximum atomic E-state index is 5.53. The predicted molar refractivity (Wildman–Crippen MR) is 119 cm³/mol. The Kier molecular flexibility index (Phi) is 4.20. The molecule has 148 valence electrons. The summed E-state index contributed by atoms with van der Waals surface area (Å²) in [5.41, 5.74) is 7.55. The molecule has 2 aromatic carbocycles. The lowest BCUT2D eigenvalue weighted by atomic mass is 9.79. The third-order valence-electron chi connectivity index (χ3n) is 6.16. The van der Waals surface area contributed by atoms with Crippen LogP contribution in [0.1, 0.15) is 47.6 Å². The number of fused-ring (bicyclic) bond motifs is 3. The van der Waals surface area contributed by atoms with Crippen molar-refractivity contribution in [2.75, 3.05) is 0 Å². The zero-order chi connectivity index (χ0) is 20.1. The van der Waals surface area contributed by atoms with E-state index in [2.05, 4.69) is 66.9 Å². The Balaban J connectivity index is 1.58. The van der Waals surface area contributed by atoms with Gasteiger partial charge in [-0.05, 0) is 42.5 Å². The van der Waals surface area contributed by atoms with Gasteiger partial charge in [-0.25, -0.2) is 9.97 Å². The molecule has 1 aliphatic heterocycles. The van der Waals surface area contributed by atoms with E-state index in [4.69, 9.17) is 9.41 Å². The van der Waals surface area contributed by atoms with E-state index in [-0.39, 0.29) is 0 Å². The molecular formula is C24H19BrN4O. The van der Waals surface area contributed by atoms with Crippen molar-refractivity contribution in [3.05, 3.63) is 88.2 Å². The lowest BCUT2D eigenvalue weighted by Gasteiger charge is -2.27. The zero-order valence-corrected chi connectivity index (χ0v) is 17.8. The maximum Gasteiger partial charge on any atom is 0.181 e. The molecule has 1 saturated carbocycles. The topological polar surface area (TPSA) is 56.2 Å². The van der Waals surface area contributed by atoms with E-state index in [1.54, 1.807) is 6.20 Å². The van der Waals surface area contributed by atoms with Crippen molar-refractivity contribution in [2.24, 2.45) is 4.99 Å². The Bertz CT molecular complexity index is 1270. The van der Waals surface area contributed by atoms with Crippen LogP contribution in [0.5, 0.6) is 0 Å². The Morgan fingerprint density at radius 3 is 2.73 bits per heavy atom. The second-order valence-corrected chi connectivity index (χ2v) is 8.68. The summed E-state index contributed by atoms with van der Waals surface area (Å²) in [7, 11) is 0. The Morgan fingerprint density at radius 1 is 1.07 bits per heavy atom. The van der Waals surface area contributed by atoms with Crippen LogP contribution >= 0.6 is 15.9 Å². The summed E-state index contributed by atoms with van der Waals surface area (Å²) in [4.78, 5) is 13.8. The van der Waals surface area contributed by atoms with Crippen molar-refractivity contribution in [3.8, 4) is 17.1 Å². The Hall–Kier alpha value is -2.99. The van der Waals surface area contributed by atoms with Crippen molar-refractivity contribution < 1.29 is 4.42 Å². The molecule has 0 atom stereocenters. The largest absolute Gasteiger partial charge is 0.442 e. The molecule has 0 spiro atoms. The fraction of sp³-hybridized carbons (Fsp3) is 0.208. The van der Waals surface area contributed by atoms with Crippen LogP contribution in [0.4, 0.5) is 0 Å². The third-order valence-corrected chi connectivity index (χ3v) is 6.85. The Morgan fingerprint density at radius 2 is 1.97 bits per heavy atom. The van der Waals surface area contributed by atoms with Crippen LogP contribution in [0.15, 0.2) is 75.3 Å². The van der Waals surface area contributed by atoms with Crippen LogP contribution in [-0.4, -0.2) is 20.2 Å². The third kappa shape index (κ3) is 2.78. The molecule has 3 heterocycles. The van der Waals surface area contributed by atoms with Crippen molar-refractivity contribution in [3.63, 3.8) is 0 Å². The summed E-state index contributed by atoms with van der Waals surface area (Å²) >= 11 is 3.73. The van der Waals surface area contributed by atoms with Gasteiger partial charge >= 0.3 is 0 Å². The molecule has 0 radical (unpaired) electrons. The van der Waals surface area contributed by atoms with Crippen LogP contribution in [0.2, 0.25) is 0 Å². The van der Waals surface area contributed by atoms with E-state index in [1.165, 1.54) is 31.2 Å². The van der Waals surface area contributed by atoms with Crippen molar-refractivity contribution >= 4 is 21.6 Å². The van der Waals surface area contributed by atoms with Gasteiger partial charge in [-0.1, -0.05) is 46.6 Å². The molecule has 30 heavy (non-hydrogen) atoms. The number of nitrogens with zero attached hydrogens (tertiary/aromatic N) is 4. The van der Waals surface area contributed by atoms with Gasteiger partial charge in [0.2, 0.25) is 0 Å². The normalized spacial score (nSPS) is 15.7. The van der Waals surface area contributed by atoms with Crippen LogP contribution in [-0.2, 0) is 6.54 Å². The molecule has 0 unspecified atom stereocenters. The molecule has 4 aromatic rings. The SMILES string of the molecule is Brc1ccccc1C1=NCc2c(-c3cnco3)ncn2-c2ccc(C3CCC3)cc21. The molecule has 6 heteroatoms. The highest BCUT2D eigenvalue weighted by molar-refractivity contribution is 9.10. The van der Waals surface area contributed by atoms with Gasteiger partial charge in [-0.3, -0.25) is 9.56 Å². The molecule has 2 aliphatic rings. The van der Waals surface area contributed by atoms with E-state index in [0.717, 1.165) is 38.4 Å². The highest BCUT2D eigenvalue weighted by atomic mass is 79.9. The first kappa shape index (κ1) is 17.8. The second kappa shape index (κ2) is 7.06. The number of rotatable bonds is 3. The lowest BCUT2D eigenvalue weighted by Crippen LogP contribution is -2.12. The minimum Gasteiger partial charge on any atom is -0.442 e. The molecule has 6 rings (SSSR count). The maximum absolute atomic E-state index is 5.53. The van der Waals surface area contributed by atoms with Gasteiger partial charge < -0.3 is 4.42 Å². The van der Waals surface area contributed by atoms with Gasteiger partial charge in [-0.2, -0.15) is 0 Å².